The molecule has 2 rings (SSSR count). The van der Waals surface area contributed by atoms with Gasteiger partial charge >= 0.3 is 0 Å². The second-order valence-electron chi connectivity index (χ2n) is 5.52. The molecular formula is C18H21F2IN2S. The maximum absolute atomic E-state index is 13.2. The van der Waals surface area contributed by atoms with Gasteiger partial charge in [-0.15, -0.1) is 24.0 Å². The van der Waals surface area contributed by atoms with Crippen molar-refractivity contribution >= 4 is 40.9 Å². The van der Waals surface area contributed by atoms with Gasteiger partial charge in [0.25, 0.3) is 0 Å². The highest BCUT2D eigenvalue weighted by molar-refractivity contribution is 14.0. The third kappa shape index (κ3) is 5.17. The van der Waals surface area contributed by atoms with Crippen LogP contribution in [0.15, 0.2) is 53.5 Å². The molecule has 0 atom stereocenters. The molecule has 0 aliphatic carbocycles. The van der Waals surface area contributed by atoms with Crippen LogP contribution in [0.2, 0.25) is 0 Å². The zero-order chi connectivity index (χ0) is 16.9. The van der Waals surface area contributed by atoms with Gasteiger partial charge in [-0.3, -0.25) is 4.99 Å². The maximum atomic E-state index is 13.2. The maximum Gasteiger partial charge on any atom is 0.153 e. The first kappa shape index (κ1) is 20.9. The van der Waals surface area contributed by atoms with Crippen molar-refractivity contribution in [3.8, 4) is 0 Å². The first-order chi connectivity index (χ1) is 11.0. The summed E-state index contributed by atoms with van der Waals surface area (Å²) >= 11 is 1.40. The standard InChI is InChI=1S/C18H20F2N2S.HI/c1-18(11-12-22-17(21)23-2,13-3-7-15(19)8-4-13)14-5-9-16(20)10-6-14;/h3-10H,11-12H2,1-2H3,(H2,21,22);1H. The van der Waals surface area contributed by atoms with E-state index in [1.807, 2.05) is 6.26 Å². The highest BCUT2D eigenvalue weighted by atomic mass is 127. The minimum atomic E-state index is -0.399. The summed E-state index contributed by atoms with van der Waals surface area (Å²) in [6.45, 7) is 2.59. The smallest absolute Gasteiger partial charge is 0.153 e. The minimum absolute atomic E-state index is 0. The van der Waals surface area contributed by atoms with Crippen LogP contribution in [0, 0.1) is 11.6 Å². The van der Waals surface area contributed by atoms with E-state index in [-0.39, 0.29) is 35.6 Å². The molecule has 2 aromatic rings. The van der Waals surface area contributed by atoms with Gasteiger partial charge in [-0.1, -0.05) is 43.0 Å². The molecule has 0 spiro atoms. The van der Waals surface area contributed by atoms with Crippen LogP contribution in [-0.4, -0.2) is 18.0 Å². The first-order valence-electron chi connectivity index (χ1n) is 7.32. The largest absolute Gasteiger partial charge is 0.379 e. The predicted molar refractivity (Wildman–Crippen MR) is 109 cm³/mol. The van der Waals surface area contributed by atoms with Crippen LogP contribution in [0.1, 0.15) is 24.5 Å². The Bertz CT molecular complexity index is 627. The van der Waals surface area contributed by atoms with Crippen LogP contribution in [0.4, 0.5) is 8.78 Å². The molecular weight excluding hydrogens is 441 g/mol. The Kier molecular flexibility index (Phi) is 8.15. The van der Waals surface area contributed by atoms with E-state index in [1.54, 1.807) is 24.3 Å². The molecule has 0 bridgehead atoms. The molecule has 0 aromatic heterocycles. The summed E-state index contributed by atoms with van der Waals surface area (Å²) in [6, 6.07) is 12.8. The number of hydrogen-bond donors (Lipinski definition) is 1. The number of amidine groups is 1. The van der Waals surface area contributed by atoms with Gasteiger partial charge in [-0.25, -0.2) is 8.78 Å². The second kappa shape index (κ2) is 9.36. The van der Waals surface area contributed by atoms with Gasteiger partial charge in [0.05, 0.1) is 0 Å². The normalized spacial score (nSPS) is 11.9. The summed E-state index contributed by atoms with van der Waals surface area (Å²) in [5, 5.41) is 0.533. The van der Waals surface area contributed by atoms with E-state index in [9.17, 15) is 8.78 Å². The van der Waals surface area contributed by atoms with Crippen molar-refractivity contribution in [2.45, 2.75) is 18.8 Å². The number of aliphatic imine (C=N–C) groups is 1. The van der Waals surface area contributed by atoms with Crippen LogP contribution >= 0.6 is 35.7 Å². The molecule has 2 N–H and O–H groups in total. The van der Waals surface area contributed by atoms with Crippen molar-refractivity contribution in [1.29, 1.82) is 0 Å². The monoisotopic (exact) mass is 462 g/mol. The molecule has 0 heterocycles. The summed E-state index contributed by atoms with van der Waals surface area (Å²) in [5.41, 5.74) is 7.26. The fourth-order valence-electron chi connectivity index (χ4n) is 2.55. The molecule has 0 aliphatic rings. The molecule has 0 saturated carbocycles. The Balaban J connectivity index is 0.00000288. The molecule has 24 heavy (non-hydrogen) atoms. The quantitative estimate of drug-likeness (QED) is 0.388. The first-order valence-corrected chi connectivity index (χ1v) is 8.54. The van der Waals surface area contributed by atoms with Crippen LogP contribution in [-0.2, 0) is 5.41 Å². The van der Waals surface area contributed by atoms with Gasteiger partial charge < -0.3 is 5.73 Å². The van der Waals surface area contributed by atoms with E-state index in [0.717, 1.165) is 11.1 Å². The van der Waals surface area contributed by atoms with Crippen LogP contribution < -0.4 is 5.73 Å². The molecule has 0 saturated heterocycles. The van der Waals surface area contributed by atoms with E-state index >= 15 is 0 Å². The lowest BCUT2D eigenvalue weighted by molar-refractivity contribution is 0.524. The van der Waals surface area contributed by atoms with Gasteiger partial charge in [-0.05, 0) is 48.1 Å². The molecule has 2 aromatic carbocycles. The van der Waals surface area contributed by atoms with Gasteiger partial charge in [0.1, 0.15) is 11.6 Å². The fraction of sp³-hybridized carbons (Fsp3) is 0.278. The average molecular weight is 462 g/mol. The second-order valence-corrected chi connectivity index (χ2v) is 6.35. The molecule has 0 amide bonds. The van der Waals surface area contributed by atoms with Gasteiger partial charge in [0, 0.05) is 12.0 Å². The number of rotatable bonds is 5. The SMILES string of the molecule is CSC(N)=NCCC(C)(c1ccc(F)cc1)c1ccc(F)cc1.I. The van der Waals surface area contributed by atoms with Crippen LogP contribution in [0.5, 0.6) is 0 Å². The van der Waals surface area contributed by atoms with E-state index in [4.69, 9.17) is 5.73 Å². The molecule has 2 nitrogen and oxygen atoms in total. The zero-order valence-corrected chi connectivity index (χ0v) is 16.8. The summed E-state index contributed by atoms with van der Waals surface area (Å²) < 4.78 is 26.5. The molecule has 0 aliphatic heterocycles. The van der Waals surface area contributed by atoms with Crippen molar-refractivity contribution in [2.75, 3.05) is 12.8 Å². The minimum Gasteiger partial charge on any atom is -0.379 e. The van der Waals surface area contributed by atoms with Crippen LogP contribution in [0.3, 0.4) is 0 Å². The van der Waals surface area contributed by atoms with Gasteiger partial charge in [-0.2, -0.15) is 0 Å². The highest BCUT2D eigenvalue weighted by Crippen LogP contribution is 2.35. The lowest BCUT2D eigenvalue weighted by Crippen LogP contribution is -2.25. The molecule has 130 valence electrons. The van der Waals surface area contributed by atoms with Crippen LogP contribution in [0.25, 0.3) is 0 Å². The summed E-state index contributed by atoms with van der Waals surface area (Å²) in [6.07, 6.45) is 2.56. The van der Waals surface area contributed by atoms with E-state index < -0.39 is 5.41 Å². The lowest BCUT2D eigenvalue weighted by atomic mass is 9.74. The predicted octanol–water partition coefficient (Wildman–Crippen LogP) is 4.96. The van der Waals surface area contributed by atoms with Crippen molar-refractivity contribution in [3.05, 3.63) is 71.3 Å². The van der Waals surface area contributed by atoms with E-state index in [1.165, 1.54) is 36.0 Å². The molecule has 0 radical (unpaired) electrons. The highest BCUT2D eigenvalue weighted by Gasteiger charge is 2.28. The van der Waals surface area contributed by atoms with Gasteiger partial charge in [0.2, 0.25) is 0 Å². The van der Waals surface area contributed by atoms with E-state index in [0.29, 0.717) is 18.1 Å². The molecule has 0 fully saturated rings. The van der Waals surface area contributed by atoms with Crippen molar-refractivity contribution in [2.24, 2.45) is 10.7 Å². The molecule has 6 heteroatoms. The molecule has 0 unspecified atom stereocenters. The number of nitrogens with two attached hydrogens (primary N) is 1. The average Bonchev–Trinajstić information content (AvgIpc) is 2.55. The third-order valence-electron chi connectivity index (χ3n) is 4.05. The summed E-state index contributed by atoms with van der Waals surface area (Å²) in [4.78, 5) is 4.32. The third-order valence-corrected chi connectivity index (χ3v) is 4.60. The van der Waals surface area contributed by atoms with E-state index in [2.05, 4.69) is 11.9 Å². The number of hydrogen-bond acceptors (Lipinski definition) is 2. The Morgan fingerprint density at radius 2 is 1.42 bits per heavy atom. The zero-order valence-electron chi connectivity index (χ0n) is 13.6. The number of halogens is 3. The van der Waals surface area contributed by atoms with Crippen molar-refractivity contribution in [3.63, 3.8) is 0 Å². The summed E-state index contributed by atoms with van der Waals surface area (Å²) in [7, 11) is 0. The van der Waals surface area contributed by atoms with Gasteiger partial charge in [0.15, 0.2) is 5.17 Å². The Morgan fingerprint density at radius 3 is 1.79 bits per heavy atom. The number of thioether (sulfide) groups is 1. The van der Waals surface area contributed by atoms with Crippen molar-refractivity contribution < 1.29 is 8.78 Å². The Labute approximate surface area is 163 Å². The summed E-state index contributed by atoms with van der Waals surface area (Å²) in [5.74, 6) is -0.556. The lowest BCUT2D eigenvalue weighted by Gasteiger charge is -2.30. The fourth-order valence-corrected chi connectivity index (χ4v) is 2.77. The topological polar surface area (TPSA) is 38.4 Å². The Hall–Kier alpha value is -1.15. The van der Waals surface area contributed by atoms with Crippen molar-refractivity contribution in [1.82, 2.24) is 0 Å². The Morgan fingerprint density at radius 1 is 1.00 bits per heavy atom. The number of benzene rings is 2. The number of nitrogens with zero attached hydrogens (tertiary/aromatic N) is 1.